The average Bonchev–Trinajstić information content (AvgIpc) is 2.78. The van der Waals surface area contributed by atoms with Gasteiger partial charge in [-0.05, 0) is 49.5 Å². The Kier molecular flexibility index (Phi) is 5.99. The molecule has 0 spiro atoms. The average molecular weight is 412 g/mol. The summed E-state index contributed by atoms with van der Waals surface area (Å²) in [6.07, 6.45) is 14.3. The van der Waals surface area contributed by atoms with Crippen molar-refractivity contribution in [1.82, 2.24) is 14.8 Å². The molecule has 3 saturated heterocycles. The molecule has 0 radical (unpaired) electrons. The fourth-order valence-corrected chi connectivity index (χ4v) is 7.04. The van der Waals surface area contributed by atoms with E-state index in [1.54, 1.807) is 13.3 Å². The summed E-state index contributed by atoms with van der Waals surface area (Å²) in [7, 11) is 1.71. The van der Waals surface area contributed by atoms with Crippen LogP contribution in [-0.2, 0) is 11.3 Å². The van der Waals surface area contributed by atoms with E-state index in [-0.39, 0.29) is 0 Å². The van der Waals surface area contributed by atoms with Crippen molar-refractivity contribution in [1.29, 1.82) is 0 Å². The van der Waals surface area contributed by atoms with Crippen molar-refractivity contribution >= 4 is 5.91 Å². The molecule has 1 amide bonds. The van der Waals surface area contributed by atoms with Crippen LogP contribution >= 0.6 is 0 Å². The highest BCUT2D eigenvalue weighted by Crippen LogP contribution is 2.45. The topological polar surface area (TPSA) is 45.7 Å². The number of pyridine rings is 1. The molecular weight excluding hydrogens is 374 g/mol. The van der Waals surface area contributed by atoms with Gasteiger partial charge in [0.15, 0.2) is 0 Å². The first-order chi connectivity index (χ1) is 14.7. The van der Waals surface area contributed by atoms with E-state index < -0.39 is 0 Å². The molecule has 164 valence electrons. The summed E-state index contributed by atoms with van der Waals surface area (Å²) in [6.45, 7) is 3.10. The van der Waals surface area contributed by atoms with Crippen molar-refractivity contribution in [2.75, 3.05) is 20.2 Å². The lowest BCUT2D eigenvalue weighted by Crippen LogP contribution is -2.65. The lowest BCUT2D eigenvalue weighted by molar-refractivity contribution is -0.154. The third-order valence-corrected chi connectivity index (χ3v) is 8.31. The van der Waals surface area contributed by atoms with Crippen LogP contribution in [0.1, 0.15) is 69.8 Å². The SMILES string of the molecule is COc1ncccc1CN1C[C@H]2C[C@@H](C1)[C@H](CC1CCCCC1)N1C(=O)CCC[C@@H]21. The molecule has 4 aliphatic rings. The number of amides is 1. The highest BCUT2D eigenvalue weighted by atomic mass is 16.5. The third-order valence-electron chi connectivity index (χ3n) is 8.31. The van der Waals surface area contributed by atoms with Crippen LogP contribution in [0.2, 0.25) is 0 Å². The van der Waals surface area contributed by atoms with Gasteiger partial charge in [0.25, 0.3) is 0 Å². The lowest BCUT2D eigenvalue weighted by Gasteiger charge is -2.57. The summed E-state index contributed by atoms with van der Waals surface area (Å²) in [6, 6.07) is 5.08. The minimum atomic E-state index is 0.448. The molecule has 1 aromatic heterocycles. The smallest absolute Gasteiger partial charge is 0.223 e. The van der Waals surface area contributed by atoms with Gasteiger partial charge in [0.1, 0.15) is 0 Å². The first kappa shape index (κ1) is 20.3. The number of hydrogen-bond acceptors (Lipinski definition) is 4. The van der Waals surface area contributed by atoms with E-state index in [0.717, 1.165) is 44.3 Å². The molecule has 0 N–H and O–H groups in total. The maximum Gasteiger partial charge on any atom is 0.223 e. The van der Waals surface area contributed by atoms with Gasteiger partial charge in [0, 0.05) is 49.9 Å². The summed E-state index contributed by atoms with van der Waals surface area (Å²) in [5.74, 6) is 3.26. The Labute approximate surface area is 181 Å². The Morgan fingerprint density at radius 1 is 1.10 bits per heavy atom. The highest BCUT2D eigenvalue weighted by molar-refractivity contribution is 5.78. The number of carbonyl (C=O) groups excluding carboxylic acids is 1. The number of methoxy groups -OCH3 is 1. The maximum absolute atomic E-state index is 13.1. The Balaban J connectivity index is 1.36. The van der Waals surface area contributed by atoms with Gasteiger partial charge in [-0.15, -0.1) is 0 Å². The standard InChI is InChI=1S/C25H37N3O2/c1-30-25-19(9-6-12-26-25)15-27-16-20-14-21(17-27)23(13-18-7-3-2-4-8-18)28-22(20)10-5-11-24(28)29/h6,9,12,18,20-23H,2-5,7-8,10-11,13-17H2,1H3/t20-,21+,22+,23+/m1/s1. The van der Waals surface area contributed by atoms with Crippen molar-refractivity contribution < 1.29 is 9.53 Å². The zero-order valence-electron chi connectivity index (χ0n) is 18.5. The molecule has 1 aliphatic carbocycles. The Hall–Kier alpha value is -1.62. The van der Waals surface area contributed by atoms with Crippen LogP contribution in [0.25, 0.3) is 0 Å². The van der Waals surface area contributed by atoms with Crippen LogP contribution in [0.4, 0.5) is 0 Å². The Morgan fingerprint density at radius 2 is 1.93 bits per heavy atom. The Morgan fingerprint density at radius 3 is 2.77 bits per heavy atom. The van der Waals surface area contributed by atoms with E-state index >= 15 is 0 Å². The number of ether oxygens (including phenoxy) is 1. The van der Waals surface area contributed by atoms with E-state index in [9.17, 15) is 4.79 Å². The van der Waals surface area contributed by atoms with E-state index in [1.165, 1.54) is 56.9 Å². The predicted molar refractivity (Wildman–Crippen MR) is 117 cm³/mol. The van der Waals surface area contributed by atoms with Gasteiger partial charge >= 0.3 is 0 Å². The molecule has 0 unspecified atom stereocenters. The predicted octanol–water partition coefficient (Wildman–Crippen LogP) is 4.26. The molecule has 5 rings (SSSR count). The van der Waals surface area contributed by atoms with Crippen LogP contribution in [0.3, 0.4) is 0 Å². The second-order valence-electron chi connectivity index (χ2n) is 10.2. The van der Waals surface area contributed by atoms with Gasteiger partial charge in [0.05, 0.1) is 7.11 Å². The van der Waals surface area contributed by atoms with E-state index in [2.05, 4.69) is 20.9 Å². The van der Waals surface area contributed by atoms with E-state index in [1.807, 2.05) is 6.07 Å². The quantitative estimate of drug-likeness (QED) is 0.726. The van der Waals surface area contributed by atoms with Gasteiger partial charge in [-0.3, -0.25) is 9.69 Å². The lowest BCUT2D eigenvalue weighted by atomic mass is 9.69. The summed E-state index contributed by atoms with van der Waals surface area (Å²) in [5.41, 5.74) is 1.18. The fraction of sp³-hybridized carbons (Fsp3) is 0.760. The van der Waals surface area contributed by atoms with Crippen molar-refractivity contribution in [2.45, 2.75) is 82.8 Å². The van der Waals surface area contributed by atoms with Gasteiger partial charge < -0.3 is 9.64 Å². The molecule has 0 aromatic carbocycles. The van der Waals surface area contributed by atoms with Crippen LogP contribution in [0.5, 0.6) is 5.88 Å². The van der Waals surface area contributed by atoms with Crippen LogP contribution in [-0.4, -0.2) is 53.0 Å². The molecular formula is C25H37N3O2. The number of nitrogens with zero attached hydrogens (tertiary/aromatic N) is 3. The molecule has 30 heavy (non-hydrogen) atoms. The normalized spacial score (nSPS) is 32.7. The van der Waals surface area contributed by atoms with Crippen LogP contribution in [0.15, 0.2) is 18.3 Å². The van der Waals surface area contributed by atoms with Crippen molar-refractivity contribution in [2.24, 2.45) is 17.8 Å². The zero-order chi connectivity index (χ0) is 20.5. The highest BCUT2D eigenvalue weighted by Gasteiger charge is 2.49. The summed E-state index contributed by atoms with van der Waals surface area (Å²) >= 11 is 0. The maximum atomic E-state index is 13.1. The molecule has 3 aliphatic heterocycles. The summed E-state index contributed by atoms with van der Waals surface area (Å²) in [5, 5.41) is 0. The van der Waals surface area contributed by atoms with Crippen LogP contribution in [0, 0.1) is 17.8 Å². The number of likely N-dealkylation sites (tertiary alicyclic amines) is 1. The second-order valence-corrected chi connectivity index (χ2v) is 10.2. The molecule has 2 bridgehead atoms. The second kappa shape index (κ2) is 8.86. The minimum absolute atomic E-state index is 0.448. The third kappa shape index (κ3) is 3.98. The number of hydrogen-bond donors (Lipinski definition) is 0. The molecule has 4 heterocycles. The monoisotopic (exact) mass is 411 g/mol. The zero-order valence-corrected chi connectivity index (χ0v) is 18.5. The van der Waals surface area contributed by atoms with E-state index in [0.29, 0.717) is 29.8 Å². The molecule has 4 fully saturated rings. The molecule has 5 nitrogen and oxygen atoms in total. The van der Waals surface area contributed by atoms with Crippen molar-refractivity contribution in [3.63, 3.8) is 0 Å². The largest absolute Gasteiger partial charge is 0.481 e. The fourth-order valence-electron chi connectivity index (χ4n) is 7.04. The van der Waals surface area contributed by atoms with E-state index in [4.69, 9.17) is 4.74 Å². The van der Waals surface area contributed by atoms with Crippen molar-refractivity contribution in [3.05, 3.63) is 23.9 Å². The van der Waals surface area contributed by atoms with Crippen molar-refractivity contribution in [3.8, 4) is 5.88 Å². The molecule has 5 heteroatoms. The van der Waals surface area contributed by atoms with Gasteiger partial charge in [-0.2, -0.15) is 0 Å². The number of piperidine rings is 3. The van der Waals surface area contributed by atoms with Gasteiger partial charge in [-0.25, -0.2) is 4.98 Å². The Bertz CT molecular complexity index is 748. The molecule has 4 atom stereocenters. The molecule has 1 aromatic rings. The minimum Gasteiger partial charge on any atom is -0.481 e. The van der Waals surface area contributed by atoms with Gasteiger partial charge in [-0.1, -0.05) is 38.2 Å². The summed E-state index contributed by atoms with van der Waals surface area (Å²) in [4.78, 5) is 22.5. The van der Waals surface area contributed by atoms with Crippen LogP contribution < -0.4 is 4.74 Å². The molecule has 1 saturated carbocycles. The number of carbonyl (C=O) groups is 1. The van der Waals surface area contributed by atoms with Gasteiger partial charge in [0.2, 0.25) is 11.8 Å². The number of rotatable bonds is 5. The first-order valence-electron chi connectivity index (χ1n) is 12.2. The summed E-state index contributed by atoms with van der Waals surface area (Å²) < 4.78 is 5.51. The number of aromatic nitrogens is 1. The first-order valence-corrected chi connectivity index (χ1v) is 12.2. The number of fused-ring (bicyclic) bond motifs is 4.